The van der Waals surface area contributed by atoms with E-state index in [-0.39, 0.29) is 18.1 Å². The summed E-state index contributed by atoms with van der Waals surface area (Å²) in [7, 11) is 4.19. The van der Waals surface area contributed by atoms with Gasteiger partial charge in [0, 0.05) is 35.5 Å². The maximum atomic E-state index is 13.6. The Bertz CT molecular complexity index is 1930. The second-order valence-corrected chi connectivity index (χ2v) is 11.3. The van der Waals surface area contributed by atoms with Gasteiger partial charge < -0.3 is 24.8 Å². The van der Waals surface area contributed by atoms with Gasteiger partial charge in [-0.3, -0.25) is 9.59 Å². The van der Waals surface area contributed by atoms with Crippen molar-refractivity contribution in [3.8, 4) is 11.4 Å². The number of rotatable bonds is 6. The Morgan fingerprint density at radius 3 is 2.88 bits per heavy atom. The molecule has 43 heavy (non-hydrogen) atoms. The van der Waals surface area contributed by atoms with Crippen molar-refractivity contribution in [2.75, 3.05) is 44.0 Å². The van der Waals surface area contributed by atoms with Crippen molar-refractivity contribution >= 4 is 45.2 Å². The third-order valence-corrected chi connectivity index (χ3v) is 8.08. The topological polar surface area (TPSA) is 113 Å². The van der Waals surface area contributed by atoms with E-state index < -0.39 is 0 Å². The quantitative estimate of drug-likeness (QED) is 0.288. The van der Waals surface area contributed by atoms with Gasteiger partial charge in [-0.2, -0.15) is 4.98 Å². The molecular formula is C32H34N8O3. The minimum atomic E-state index is -0.181. The van der Waals surface area contributed by atoms with Crippen molar-refractivity contribution in [1.82, 2.24) is 29.2 Å². The molecule has 11 heteroatoms. The fraction of sp³-hybridized carbons (Fsp3) is 0.312. The van der Waals surface area contributed by atoms with Crippen LogP contribution in [-0.2, 0) is 17.8 Å². The zero-order valence-electron chi connectivity index (χ0n) is 24.3. The molecule has 2 bridgehead atoms. The van der Waals surface area contributed by atoms with Crippen LogP contribution in [0.1, 0.15) is 24.8 Å². The number of nitrogens with zero attached hydrogens (tertiary/aromatic N) is 6. The average molecular weight is 579 g/mol. The number of hydrogen-bond donors (Lipinski definition) is 2. The van der Waals surface area contributed by atoms with Crippen LogP contribution < -0.4 is 20.5 Å². The van der Waals surface area contributed by atoms with E-state index in [4.69, 9.17) is 9.72 Å². The van der Waals surface area contributed by atoms with E-state index in [0.717, 1.165) is 43.4 Å². The van der Waals surface area contributed by atoms with Crippen molar-refractivity contribution in [3.05, 3.63) is 76.9 Å². The standard InChI is InChI=1S/C32H34N8O3/c1-37(2)13-7-8-21-18-33-26-16-22(9-11-24(21)26)35-32-34-19-25-30(36-32)40-23-10-12-28-27(17-23)38(29(41)20-43-28)14-5-3-4-6-15-39(40)31(25)42/h4,6,9-12,16-19,33H,3,5,7-8,13-15,20H2,1-2H3,(H,34,35,36). The molecule has 0 fully saturated rings. The van der Waals surface area contributed by atoms with Crippen LogP contribution >= 0.6 is 0 Å². The van der Waals surface area contributed by atoms with E-state index in [1.807, 2.05) is 35.0 Å². The lowest BCUT2D eigenvalue weighted by atomic mass is 10.1. The highest BCUT2D eigenvalue weighted by Crippen LogP contribution is 2.35. The number of allylic oxidation sites excluding steroid dienone is 2. The molecule has 1 amide bonds. The Hall–Kier alpha value is -4.90. The highest BCUT2D eigenvalue weighted by atomic mass is 16.5. The molecule has 0 atom stereocenters. The Kier molecular flexibility index (Phi) is 6.94. The molecule has 2 N–H and O–H groups in total. The number of carbonyl (C=O) groups excluding carboxylic acids is 1. The molecule has 3 aromatic heterocycles. The number of aromatic nitrogens is 5. The number of nitrogens with one attached hydrogen (secondary N) is 2. The van der Waals surface area contributed by atoms with Crippen LogP contribution in [0.15, 0.2) is 65.7 Å². The highest BCUT2D eigenvalue weighted by molar-refractivity contribution is 5.98. The summed E-state index contributed by atoms with van der Waals surface area (Å²) in [6.45, 7) is 2.05. The third kappa shape index (κ3) is 5.05. The van der Waals surface area contributed by atoms with Gasteiger partial charge in [-0.05, 0) is 82.2 Å². The van der Waals surface area contributed by atoms with Gasteiger partial charge in [0.2, 0.25) is 5.95 Å². The molecule has 220 valence electrons. The third-order valence-electron chi connectivity index (χ3n) is 8.08. The van der Waals surface area contributed by atoms with Crippen molar-refractivity contribution in [2.45, 2.75) is 32.2 Å². The first-order valence-corrected chi connectivity index (χ1v) is 14.7. The molecular weight excluding hydrogens is 544 g/mol. The summed E-state index contributed by atoms with van der Waals surface area (Å²) in [5, 5.41) is 4.95. The smallest absolute Gasteiger partial charge is 0.278 e. The molecule has 0 radical (unpaired) electrons. The van der Waals surface area contributed by atoms with E-state index in [0.29, 0.717) is 47.2 Å². The normalized spacial score (nSPS) is 15.0. The number of anilines is 3. The molecule has 7 rings (SSSR count). The van der Waals surface area contributed by atoms with Crippen LogP contribution in [0.4, 0.5) is 17.3 Å². The maximum Gasteiger partial charge on any atom is 0.278 e. The number of H-pyrrole nitrogens is 1. The Balaban J connectivity index is 1.26. The minimum absolute atomic E-state index is 0.0215. The average Bonchev–Trinajstić information content (AvgIpc) is 3.52. The van der Waals surface area contributed by atoms with Crippen molar-refractivity contribution in [3.63, 3.8) is 0 Å². The van der Waals surface area contributed by atoms with Gasteiger partial charge in [0.05, 0.1) is 17.9 Å². The Morgan fingerprint density at radius 1 is 1.09 bits per heavy atom. The first-order valence-electron chi connectivity index (χ1n) is 14.7. The number of aromatic amines is 1. The molecule has 0 unspecified atom stereocenters. The number of aryl methyl sites for hydroxylation is 1. The number of ether oxygens (including phenoxy) is 1. The number of amides is 1. The first kappa shape index (κ1) is 27.0. The van der Waals surface area contributed by atoms with Crippen molar-refractivity contribution in [1.29, 1.82) is 0 Å². The lowest BCUT2D eigenvalue weighted by Gasteiger charge is -2.30. The predicted molar refractivity (Wildman–Crippen MR) is 168 cm³/mol. The SMILES string of the molecule is CN(C)CCCc1c[nH]c2cc(Nc3ncc4c(=O)n5n(c4n3)-c3ccc4c(c3)N(CCCC=CC5)C(=O)CO4)ccc12. The Morgan fingerprint density at radius 2 is 2.00 bits per heavy atom. The summed E-state index contributed by atoms with van der Waals surface area (Å²) in [5.74, 6) is 0.957. The predicted octanol–water partition coefficient (Wildman–Crippen LogP) is 4.38. The van der Waals surface area contributed by atoms with Crippen LogP contribution in [0, 0.1) is 0 Å². The van der Waals surface area contributed by atoms with Gasteiger partial charge in [-0.1, -0.05) is 18.2 Å². The number of fused-ring (bicyclic) bond motifs is 6. The summed E-state index contributed by atoms with van der Waals surface area (Å²) < 4.78 is 9.19. The lowest BCUT2D eigenvalue weighted by Crippen LogP contribution is -2.39. The fourth-order valence-electron chi connectivity index (χ4n) is 5.93. The number of hydrogen-bond acceptors (Lipinski definition) is 7. The minimum Gasteiger partial charge on any atom is -0.482 e. The fourth-order valence-corrected chi connectivity index (χ4v) is 5.93. The van der Waals surface area contributed by atoms with E-state index in [1.54, 1.807) is 15.8 Å². The summed E-state index contributed by atoms with van der Waals surface area (Å²) in [5.41, 5.74) is 4.89. The monoisotopic (exact) mass is 578 g/mol. The molecule has 2 aromatic carbocycles. The maximum absolute atomic E-state index is 13.6. The van der Waals surface area contributed by atoms with Gasteiger partial charge in [0.25, 0.3) is 11.5 Å². The molecule has 0 saturated carbocycles. The summed E-state index contributed by atoms with van der Waals surface area (Å²) >= 11 is 0. The van der Waals surface area contributed by atoms with Gasteiger partial charge in [-0.25, -0.2) is 14.3 Å². The second kappa shape index (κ2) is 11.1. The van der Waals surface area contributed by atoms with Gasteiger partial charge in [0.15, 0.2) is 12.3 Å². The second-order valence-electron chi connectivity index (χ2n) is 11.3. The lowest BCUT2D eigenvalue weighted by molar-refractivity contribution is -0.121. The first-order chi connectivity index (χ1) is 21.0. The number of carbonyl (C=O) groups is 1. The van der Waals surface area contributed by atoms with Crippen LogP contribution in [0.2, 0.25) is 0 Å². The summed E-state index contributed by atoms with van der Waals surface area (Å²) in [4.78, 5) is 43.0. The van der Waals surface area contributed by atoms with Crippen LogP contribution in [0.25, 0.3) is 27.6 Å². The highest BCUT2D eigenvalue weighted by Gasteiger charge is 2.27. The zero-order chi connectivity index (χ0) is 29.5. The van der Waals surface area contributed by atoms with Crippen LogP contribution in [-0.4, -0.2) is 68.9 Å². The molecule has 0 saturated heterocycles. The largest absolute Gasteiger partial charge is 0.482 e. The van der Waals surface area contributed by atoms with Crippen molar-refractivity contribution in [2.24, 2.45) is 0 Å². The van der Waals surface area contributed by atoms with Crippen LogP contribution in [0.3, 0.4) is 0 Å². The zero-order valence-corrected chi connectivity index (χ0v) is 24.3. The van der Waals surface area contributed by atoms with E-state index in [2.05, 4.69) is 58.7 Å². The van der Waals surface area contributed by atoms with Gasteiger partial charge >= 0.3 is 0 Å². The van der Waals surface area contributed by atoms with Crippen LogP contribution in [0.5, 0.6) is 5.75 Å². The molecule has 5 heterocycles. The van der Waals surface area contributed by atoms with Gasteiger partial charge in [0.1, 0.15) is 11.1 Å². The Labute approximate surface area is 248 Å². The molecule has 5 aromatic rings. The van der Waals surface area contributed by atoms with Gasteiger partial charge in [-0.15, -0.1) is 0 Å². The summed E-state index contributed by atoms with van der Waals surface area (Å²) in [6, 6.07) is 11.8. The molecule has 2 aliphatic rings. The number of benzene rings is 2. The van der Waals surface area contributed by atoms with E-state index in [1.165, 1.54) is 10.9 Å². The summed E-state index contributed by atoms with van der Waals surface area (Å²) in [6.07, 6.45) is 11.4. The van der Waals surface area contributed by atoms with Crippen molar-refractivity contribution < 1.29 is 9.53 Å². The molecule has 0 spiro atoms. The molecule has 2 aliphatic heterocycles. The molecule has 0 aliphatic carbocycles. The molecule has 11 nitrogen and oxygen atoms in total. The van der Waals surface area contributed by atoms with E-state index >= 15 is 0 Å². The van der Waals surface area contributed by atoms with E-state index in [9.17, 15) is 9.59 Å².